The predicted octanol–water partition coefficient (Wildman–Crippen LogP) is 3.93. The lowest BCUT2D eigenvalue weighted by Gasteiger charge is -2.21. The Morgan fingerprint density at radius 1 is 1.24 bits per heavy atom. The number of hydrogen-bond donors (Lipinski definition) is 1. The van der Waals surface area contributed by atoms with Crippen LogP contribution in [-0.4, -0.2) is 6.61 Å². The molecule has 0 aliphatic heterocycles. The largest absolute Gasteiger partial charge is 0.491 e. The van der Waals surface area contributed by atoms with Crippen LogP contribution in [0.2, 0.25) is 0 Å². The summed E-state index contributed by atoms with van der Waals surface area (Å²) in [6.07, 6.45) is 8.16. The zero-order chi connectivity index (χ0) is 12.1. The van der Waals surface area contributed by atoms with Crippen LogP contribution in [0.3, 0.4) is 0 Å². The van der Waals surface area contributed by atoms with Crippen molar-refractivity contribution in [2.75, 3.05) is 12.3 Å². The van der Waals surface area contributed by atoms with E-state index in [0.717, 1.165) is 24.0 Å². The van der Waals surface area contributed by atoms with Gasteiger partial charge in [0.15, 0.2) is 0 Å². The van der Waals surface area contributed by atoms with Gasteiger partial charge in [-0.15, -0.1) is 0 Å². The smallest absolute Gasteiger partial charge is 0.142 e. The summed E-state index contributed by atoms with van der Waals surface area (Å²) < 4.78 is 5.77. The summed E-state index contributed by atoms with van der Waals surface area (Å²) in [6.45, 7) is 2.85. The van der Waals surface area contributed by atoms with Gasteiger partial charge in [-0.1, -0.05) is 38.2 Å². The minimum absolute atomic E-state index is 0.758. The van der Waals surface area contributed by atoms with Crippen LogP contribution in [0, 0.1) is 12.8 Å². The number of aryl methyl sites for hydroxylation is 1. The zero-order valence-corrected chi connectivity index (χ0v) is 10.7. The van der Waals surface area contributed by atoms with E-state index in [1.807, 2.05) is 25.1 Å². The van der Waals surface area contributed by atoms with Gasteiger partial charge in [-0.2, -0.15) is 0 Å². The fourth-order valence-electron chi connectivity index (χ4n) is 2.61. The molecular weight excluding hydrogens is 210 g/mol. The van der Waals surface area contributed by atoms with Gasteiger partial charge in [-0.25, -0.2) is 0 Å². The van der Waals surface area contributed by atoms with E-state index in [1.54, 1.807) is 0 Å². The monoisotopic (exact) mass is 233 g/mol. The molecule has 1 saturated carbocycles. The second kappa shape index (κ2) is 5.95. The van der Waals surface area contributed by atoms with E-state index >= 15 is 0 Å². The van der Waals surface area contributed by atoms with Gasteiger partial charge >= 0.3 is 0 Å². The molecule has 0 unspecified atom stereocenters. The molecule has 0 atom stereocenters. The summed E-state index contributed by atoms with van der Waals surface area (Å²) in [5, 5.41) is 0. The molecule has 94 valence electrons. The summed E-state index contributed by atoms with van der Waals surface area (Å²) in [6, 6.07) is 5.99. The Balaban J connectivity index is 1.77. The molecule has 2 N–H and O–H groups in total. The van der Waals surface area contributed by atoms with Crippen LogP contribution in [0.5, 0.6) is 5.75 Å². The Bertz CT molecular complexity index is 356. The standard InChI is InChI=1S/C15H23NO/c1-12-7-8-15(14(16)11-12)17-10-9-13-5-3-2-4-6-13/h7-8,11,13H,2-6,9-10,16H2,1H3. The molecule has 2 nitrogen and oxygen atoms in total. The lowest BCUT2D eigenvalue weighted by atomic mass is 9.87. The summed E-state index contributed by atoms with van der Waals surface area (Å²) in [5.41, 5.74) is 7.86. The highest BCUT2D eigenvalue weighted by molar-refractivity contribution is 5.53. The van der Waals surface area contributed by atoms with Gasteiger partial charge in [-0.3, -0.25) is 0 Å². The summed E-state index contributed by atoms with van der Waals surface area (Å²) in [4.78, 5) is 0. The normalized spacial score (nSPS) is 17.0. The summed E-state index contributed by atoms with van der Waals surface area (Å²) >= 11 is 0. The lowest BCUT2D eigenvalue weighted by Crippen LogP contribution is -2.11. The average molecular weight is 233 g/mol. The first kappa shape index (κ1) is 12.3. The minimum atomic E-state index is 0.758. The maximum absolute atomic E-state index is 5.92. The van der Waals surface area contributed by atoms with Gasteiger partial charge in [0, 0.05) is 0 Å². The molecule has 1 aliphatic carbocycles. The quantitative estimate of drug-likeness (QED) is 0.800. The molecule has 0 saturated heterocycles. The molecule has 0 spiro atoms. The molecule has 0 amide bonds. The molecule has 2 heteroatoms. The van der Waals surface area contributed by atoms with Crippen molar-refractivity contribution < 1.29 is 4.74 Å². The molecule has 1 fully saturated rings. The molecule has 0 radical (unpaired) electrons. The zero-order valence-electron chi connectivity index (χ0n) is 10.7. The first-order valence-electron chi connectivity index (χ1n) is 6.74. The highest BCUT2D eigenvalue weighted by Crippen LogP contribution is 2.27. The predicted molar refractivity (Wildman–Crippen MR) is 72.3 cm³/mol. The van der Waals surface area contributed by atoms with Crippen molar-refractivity contribution >= 4 is 5.69 Å². The molecule has 0 aromatic heterocycles. The van der Waals surface area contributed by atoms with E-state index in [0.29, 0.717) is 0 Å². The van der Waals surface area contributed by atoms with Gasteiger partial charge in [0.1, 0.15) is 5.75 Å². The molecule has 17 heavy (non-hydrogen) atoms. The third-order valence-electron chi connectivity index (χ3n) is 3.67. The highest BCUT2D eigenvalue weighted by Gasteiger charge is 2.13. The van der Waals surface area contributed by atoms with Crippen LogP contribution in [0.25, 0.3) is 0 Å². The molecule has 2 rings (SSSR count). The number of benzene rings is 1. The lowest BCUT2D eigenvalue weighted by molar-refractivity contribution is 0.247. The molecule has 1 aliphatic rings. The molecule has 1 aromatic rings. The summed E-state index contributed by atoms with van der Waals surface area (Å²) in [7, 11) is 0. The van der Waals surface area contributed by atoms with Crippen molar-refractivity contribution in [3.05, 3.63) is 23.8 Å². The molecular formula is C15H23NO. The Kier molecular flexibility index (Phi) is 4.29. The Morgan fingerprint density at radius 2 is 2.00 bits per heavy atom. The van der Waals surface area contributed by atoms with E-state index < -0.39 is 0 Å². The Labute approximate surface area is 104 Å². The minimum Gasteiger partial charge on any atom is -0.491 e. The van der Waals surface area contributed by atoms with Crippen LogP contribution < -0.4 is 10.5 Å². The highest BCUT2D eigenvalue weighted by atomic mass is 16.5. The first-order valence-corrected chi connectivity index (χ1v) is 6.74. The van der Waals surface area contributed by atoms with Crippen molar-refractivity contribution in [1.29, 1.82) is 0 Å². The number of rotatable bonds is 4. The van der Waals surface area contributed by atoms with E-state index in [9.17, 15) is 0 Å². The summed E-state index contributed by atoms with van der Waals surface area (Å²) in [5.74, 6) is 1.71. The van der Waals surface area contributed by atoms with Crippen molar-refractivity contribution in [2.45, 2.75) is 45.4 Å². The van der Waals surface area contributed by atoms with Crippen molar-refractivity contribution in [3.8, 4) is 5.75 Å². The van der Waals surface area contributed by atoms with Crippen molar-refractivity contribution in [3.63, 3.8) is 0 Å². The number of nitrogen functional groups attached to an aromatic ring is 1. The first-order chi connectivity index (χ1) is 8.25. The fourth-order valence-corrected chi connectivity index (χ4v) is 2.61. The van der Waals surface area contributed by atoms with Gasteiger partial charge in [0.25, 0.3) is 0 Å². The number of ether oxygens (including phenoxy) is 1. The van der Waals surface area contributed by atoms with Gasteiger partial charge < -0.3 is 10.5 Å². The fraction of sp³-hybridized carbons (Fsp3) is 0.600. The third kappa shape index (κ3) is 3.65. The SMILES string of the molecule is Cc1ccc(OCCC2CCCCC2)c(N)c1. The van der Waals surface area contributed by atoms with Gasteiger partial charge in [-0.05, 0) is 37.0 Å². The number of nitrogens with two attached hydrogens (primary N) is 1. The van der Waals surface area contributed by atoms with Crippen LogP contribution in [0.1, 0.15) is 44.1 Å². The maximum atomic E-state index is 5.92. The van der Waals surface area contributed by atoms with E-state index in [2.05, 4.69) is 0 Å². The van der Waals surface area contributed by atoms with E-state index in [1.165, 1.54) is 44.1 Å². The van der Waals surface area contributed by atoms with Crippen LogP contribution in [-0.2, 0) is 0 Å². The Morgan fingerprint density at radius 3 is 2.71 bits per heavy atom. The van der Waals surface area contributed by atoms with Crippen LogP contribution in [0.4, 0.5) is 5.69 Å². The topological polar surface area (TPSA) is 35.2 Å². The van der Waals surface area contributed by atoms with Crippen molar-refractivity contribution in [2.24, 2.45) is 5.92 Å². The third-order valence-corrected chi connectivity index (χ3v) is 3.67. The molecule has 0 bridgehead atoms. The van der Waals surface area contributed by atoms with Crippen LogP contribution >= 0.6 is 0 Å². The number of hydrogen-bond acceptors (Lipinski definition) is 2. The van der Waals surface area contributed by atoms with Crippen molar-refractivity contribution in [1.82, 2.24) is 0 Å². The van der Waals surface area contributed by atoms with Gasteiger partial charge in [0.2, 0.25) is 0 Å². The van der Waals surface area contributed by atoms with Gasteiger partial charge in [0.05, 0.1) is 12.3 Å². The van der Waals surface area contributed by atoms with Crippen LogP contribution in [0.15, 0.2) is 18.2 Å². The maximum Gasteiger partial charge on any atom is 0.142 e. The second-order valence-electron chi connectivity index (χ2n) is 5.18. The molecule has 0 heterocycles. The second-order valence-corrected chi connectivity index (χ2v) is 5.18. The van der Waals surface area contributed by atoms with E-state index in [4.69, 9.17) is 10.5 Å². The Hall–Kier alpha value is -1.18. The van der Waals surface area contributed by atoms with E-state index in [-0.39, 0.29) is 0 Å². The number of anilines is 1. The molecule has 1 aromatic carbocycles. The average Bonchev–Trinajstić information content (AvgIpc) is 2.33.